The lowest BCUT2D eigenvalue weighted by Crippen LogP contribution is -2.60. The smallest absolute Gasteiger partial charge is 0.410 e. The highest BCUT2D eigenvalue weighted by atomic mass is 32.2. The average molecular weight is 782 g/mol. The van der Waals surface area contributed by atoms with Crippen LogP contribution in [0.1, 0.15) is 90.2 Å². The number of amides is 5. The van der Waals surface area contributed by atoms with Gasteiger partial charge in [0.15, 0.2) is 6.61 Å². The van der Waals surface area contributed by atoms with E-state index in [-0.39, 0.29) is 51.4 Å². The molecule has 3 N–H and O–H groups in total. The lowest BCUT2D eigenvalue weighted by molar-refractivity contribution is -0.143. The van der Waals surface area contributed by atoms with E-state index in [4.69, 9.17) is 14.2 Å². The summed E-state index contributed by atoms with van der Waals surface area (Å²) in [6, 6.07) is 2.64. The van der Waals surface area contributed by atoms with Crippen molar-refractivity contribution in [2.75, 3.05) is 19.8 Å². The summed E-state index contributed by atoms with van der Waals surface area (Å²) >= 11 is 0. The Morgan fingerprint density at radius 1 is 1.07 bits per heavy atom. The first-order chi connectivity index (χ1) is 25.3. The SMILES string of the molecule is CC[C@H]1C[C@@]1(NC(=O)C1C[C@@H]2CN1C(=O)[C@H](C(C)(C)C)NC(=O)OCC(F)(F)CCCCOc1cccc3c1CN(C3)C(=O)O2)C(=O)NS(=O)(=O)C1CC1. The van der Waals surface area contributed by atoms with Crippen molar-refractivity contribution in [1.29, 1.82) is 0 Å². The van der Waals surface area contributed by atoms with E-state index in [9.17, 15) is 41.2 Å². The maximum Gasteiger partial charge on any atom is 0.410 e. The fourth-order valence-corrected chi connectivity index (χ4v) is 8.79. The zero-order valence-corrected chi connectivity index (χ0v) is 31.8. The van der Waals surface area contributed by atoms with E-state index in [0.29, 0.717) is 31.4 Å². The molecule has 2 saturated carbocycles. The Hall–Kier alpha value is -4.22. The Morgan fingerprint density at radius 2 is 1.81 bits per heavy atom. The fraction of sp³-hybridized carbons (Fsp3) is 0.694. The van der Waals surface area contributed by atoms with Gasteiger partial charge in [-0.2, -0.15) is 0 Å². The van der Waals surface area contributed by atoms with E-state index in [0.717, 1.165) is 16.0 Å². The van der Waals surface area contributed by atoms with Gasteiger partial charge in [-0.3, -0.25) is 24.0 Å². The predicted octanol–water partition coefficient (Wildman–Crippen LogP) is 3.34. The van der Waals surface area contributed by atoms with Crippen molar-refractivity contribution in [2.45, 2.75) is 127 Å². The molecule has 18 heteroatoms. The third-order valence-corrected chi connectivity index (χ3v) is 12.7. The molecule has 6 rings (SSSR count). The Kier molecular flexibility index (Phi) is 10.8. The highest BCUT2D eigenvalue weighted by molar-refractivity contribution is 7.91. The Bertz CT molecular complexity index is 1780. The number of cyclic esters (lactones) is 1. The first-order valence-corrected chi connectivity index (χ1v) is 20.1. The van der Waals surface area contributed by atoms with Crippen LogP contribution in [0.25, 0.3) is 0 Å². The molecular weight excluding hydrogens is 732 g/mol. The quantitative estimate of drug-likeness (QED) is 0.386. The Morgan fingerprint density at radius 3 is 2.48 bits per heavy atom. The van der Waals surface area contributed by atoms with Gasteiger partial charge in [0, 0.05) is 24.9 Å². The number of halogens is 2. The topological polar surface area (TPSA) is 190 Å². The van der Waals surface area contributed by atoms with Crippen LogP contribution in [-0.4, -0.2) is 103 Å². The van der Waals surface area contributed by atoms with Crippen LogP contribution in [0.15, 0.2) is 18.2 Å². The third kappa shape index (κ3) is 8.52. The molecule has 5 amide bonds. The van der Waals surface area contributed by atoms with Gasteiger partial charge in [-0.1, -0.05) is 46.2 Å². The van der Waals surface area contributed by atoms with E-state index in [1.54, 1.807) is 39.8 Å². The molecule has 3 heterocycles. The van der Waals surface area contributed by atoms with Crippen molar-refractivity contribution in [1.82, 2.24) is 25.2 Å². The summed E-state index contributed by atoms with van der Waals surface area (Å²) in [4.78, 5) is 71.1. The maximum absolute atomic E-state index is 14.8. The maximum atomic E-state index is 14.8. The lowest BCUT2D eigenvalue weighted by Gasteiger charge is -2.35. The second kappa shape index (κ2) is 14.8. The zero-order chi connectivity index (χ0) is 39.2. The highest BCUT2D eigenvalue weighted by Gasteiger charge is 2.62. The molecule has 0 aromatic heterocycles. The molecule has 0 radical (unpaired) electrons. The molecule has 4 bridgehead atoms. The van der Waals surface area contributed by atoms with Gasteiger partial charge in [-0.05, 0) is 55.1 Å². The molecule has 54 heavy (non-hydrogen) atoms. The van der Waals surface area contributed by atoms with E-state index in [2.05, 4.69) is 15.4 Å². The van der Waals surface area contributed by atoms with Crippen LogP contribution in [0.4, 0.5) is 18.4 Å². The molecule has 0 spiro atoms. The standard InChI is InChI=1S/C36H49F2N5O10S/c1-5-22-16-36(22,31(46)41-54(49,50)24-11-12-24)40-29(44)26-15-23-18-43(26)30(45)28(34(2,3)4)39-32(47)52-20-35(37,38)13-6-7-14-51-27-10-8-9-21-17-42(19-25(21)27)33(48)53-23/h8-10,22-24,26,28H,5-7,11-20H2,1-4H3,(H,39,47)(H,40,44)(H,41,46)/t22-,23+,26?,28+,36-/m0/s1. The number of nitrogens with zero attached hydrogens (tertiary/aromatic N) is 2. The monoisotopic (exact) mass is 781 g/mol. The van der Waals surface area contributed by atoms with Gasteiger partial charge in [0.25, 0.3) is 11.8 Å². The minimum atomic E-state index is -3.93. The van der Waals surface area contributed by atoms with Crippen LogP contribution in [0.3, 0.4) is 0 Å². The van der Waals surface area contributed by atoms with Crippen molar-refractivity contribution >= 4 is 39.9 Å². The molecule has 3 fully saturated rings. The fourth-order valence-electron chi connectivity index (χ4n) is 7.43. The molecule has 298 valence electrons. The molecule has 1 aromatic rings. The van der Waals surface area contributed by atoms with Crippen LogP contribution in [0, 0.1) is 11.3 Å². The van der Waals surface area contributed by atoms with E-state index >= 15 is 0 Å². The second-order valence-electron chi connectivity index (χ2n) is 16.1. The molecule has 1 saturated heterocycles. The number of alkyl carbamates (subject to hydrolysis) is 1. The summed E-state index contributed by atoms with van der Waals surface area (Å²) in [5.74, 6) is -5.64. The summed E-state index contributed by atoms with van der Waals surface area (Å²) in [6.07, 6.45) is -1.87. The first-order valence-electron chi connectivity index (χ1n) is 18.5. The lowest BCUT2D eigenvalue weighted by atomic mass is 9.85. The number of carbonyl (C=O) groups excluding carboxylic acids is 5. The Balaban J connectivity index is 1.27. The summed E-state index contributed by atoms with van der Waals surface area (Å²) in [5.41, 5.74) is -0.997. The number of sulfonamides is 1. The van der Waals surface area contributed by atoms with Crippen LogP contribution in [0.2, 0.25) is 0 Å². The average Bonchev–Trinajstić information content (AvgIpc) is 3.99. The number of rotatable bonds is 6. The minimum absolute atomic E-state index is 0.0760. The number of fused-ring (bicyclic) bond motifs is 3. The highest BCUT2D eigenvalue weighted by Crippen LogP contribution is 2.47. The van der Waals surface area contributed by atoms with Gasteiger partial charge in [-0.25, -0.2) is 26.8 Å². The number of carbonyl (C=O) groups is 5. The molecule has 15 nitrogen and oxygen atoms in total. The van der Waals surface area contributed by atoms with Crippen molar-refractivity contribution < 1.29 is 55.4 Å². The largest absolute Gasteiger partial charge is 0.493 e. The first kappa shape index (κ1) is 39.5. The van der Waals surface area contributed by atoms with Crippen LogP contribution in [0.5, 0.6) is 5.75 Å². The molecule has 5 aliphatic rings. The van der Waals surface area contributed by atoms with Gasteiger partial charge in [0.05, 0.1) is 24.9 Å². The predicted molar refractivity (Wildman–Crippen MR) is 187 cm³/mol. The molecule has 1 unspecified atom stereocenters. The second-order valence-corrected chi connectivity index (χ2v) is 18.1. The number of hydrogen-bond acceptors (Lipinski definition) is 10. The van der Waals surface area contributed by atoms with Crippen molar-refractivity contribution in [3.05, 3.63) is 29.3 Å². The van der Waals surface area contributed by atoms with Crippen LogP contribution < -0.4 is 20.1 Å². The zero-order valence-electron chi connectivity index (χ0n) is 31.0. The minimum Gasteiger partial charge on any atom is -0.493 e. The number of hydrogen-bond donors (Lipinski definition) is 3. The van der Waals surface area contributed by atoms with E-state index in [1.165, 1.54) is 4.90 Å². The van der Waals surface area contributed by atoms with Gasteiger partial charge >= 0.3 is 12.2 Å². The van der Waals surface area contributed by atoms with Crippen molar-refractivity contribution in [3.8, 4) is 5.75 Å². The van der Waals surface area contributed by atoms with Gasteiger partial charge < -0.3 is 29.7 Å². The van der Waals surface area contributed by atoms with Gasteiger partial charge in [-0.15, -0.1) is 0 Å². The molecule has 3 aliphatic heterocycles. The third-order valence-electron chi connectivity index (χ3n) is 10.8. The summed E-state index contributed by atoms with van der Waals surface area (Å²) in [7, 11) is -3.93. The molecule has 5 atom stereocenters. The molecule has 1 aromatic carbocycles. The summed E-state index contributed by atoms with van der Waals surface area (Å²) in [5, 5.41) is 4.46. The number of benzene rings is 1. The van der Waals surface area contributed by atoms with Gasteiger partial charge in [0.1, 0.15) is 29.5 Å². The molecular formula is C36H49F2N5O10S. The number of nitrogens with one attached hydrogen (secondary N) is 3. The normalized spacial score (nSPS) is 29.2. The van der Waals surface area contributed by atoms with Crippen LogP contribution in [-0.2, 0) is 47.0 Å². The Labute approximate surface area is 313 Å². The molecule has 2 aliphatic carbocycles. The van der Waals surface area contributed by atoms with E-state index in [1.807, 2.05) is 6.07 Å². The van der Waals surface area contributed by atoms with Crippen LogP contribution >= 0.6 is 0 Å². The summed E-state index contributed by atoms with van der Waals surface area (Å²) < 4.78 is 73.7. The van der Waals surface area contributed by atoms with Crippen molar-refractivity contribution in [2.24, 2.45) is 11.3 Å². The van der Waals surface area contributed by atoms with E-state index < -0.39 is 93.3 Å². The summed E-state index contributed by atoms with van der Waals surface area (Å²) in [6.45, 7) is 5.70. The number of ether oxygens (including phenoxy) is 3. The number of alkyl halides is 2. The van der Waals surface area contributed by atoms with Gasteiger partial charge in [0.2, 0.25) is 21.8 Å². The van der Waals surface area contributed by atoms with Crippen molar-refractivity contribution in [3.63, 3.8) is 0 Å².